The summed E-state index contributed by atoms with van der Waals surface area (Å²) in [4.78, 5) is 25.8. The van der Waals surface area contributed by atoms with Gasteiger partial charge in [-0.15, -0.1) is 0 Å². The summed E-state index contributed by atoms with van der Waals surface area (Å²) in [6.45, 7) is -0.887. The lowest BCUT2D eigenvalue weighted by Gasteiger charge is -2.37. The second kappa shape index (κ2) is 9.04. The summed E-state index contributed by atoms with van der Waals surface area (Å²) in [7, 11) is 0. The summed E-state index contributed by atoms with van der Waals surface area (Å²) in [6, 6.07) is 3.80. The molecule has 0 bridgehead atoms. The molecule has 1 aliphatic rings. The highest BCUT2D eigenvalue weighted by molar-refractivity contribution is 6.31. The van der Waals surface area contributed by atoms with Crippen molar-refractivity contribution < 1.29 is 44.7 Å². The highest BCUT2D eigenvalue weighted by Crippen LogP contribution is 2.32. The number of nitrogens with one attached hydrogen (secondary N) is 1. The maximum absolute atomic E-state index is 14.0. The predicted octanol–water partition coefficient (Wildman–Crippen LogP) is 4.50. The van der Waals surface area contributed by atoms with Crippen molar-refractivity contribution in [3.63, 3.8) is 0 Å². The van der Waals surface area contributed by atoms with E-state index >= 15 is 0 Å². The molecule has 0 unspecified atom stereocenters. The molecule has 1 aliphatic heterocycles. The molecule has 0 radical (unpaired) electrons. The van der Waals surface area contributed by atoms with Gasteiger partial charge in [-0.05, 0) is 18.2 Å². The van der Waals surface area contributed by atoms with Crippen molar-refractivity contribution in [3.05, 3.63) is 57.9 Å². The lowest BCUT2D eigenvalue weighted by atomic mass is 10.1. The number of anilines is 2. The van der Waals surface area contributed by atoms with E-state index in [-0.39, 0.29) is 42.6 Å². The van der Waals surface area contributed by atoms with E-state index in [4.69, 9.17) is 11.6 Å². The van der Waals surface area contributed by atoms with E-state index < -0.39 is 52.6 Å². The fraction of sp³-hybridized carbons (Fsp3) is 0.263. The van der Waals surface area contributed by atoms with Crippen LogP contribution in [-0.4, -0.2) is 49.1 Å². The second-order valence-electron chi connectivity index (χ2n) is 6.84. The minimum atomic E-state index is -5.05. The number of rotatable bonds is 3. The first kappa shape index (κ1) is 24.6. The Morgan fingerprint density at radius 3 is 1.88 bits per heavy atom. The molecule has 178 valence electrons. The molecule has 0 saturated carbocycles. The summed E-state index contributed by atoms with van der Waals surface area (Å²) < 4.78 is 106. The largest absolute Gasteiger partial charge is 0.471 e. The van der Waals surface area contributed by atoms with Crippen molar-refractivity contribution in [1.82, 2.24) is 4.90 Å². The number of amides is 2. The van der Waals surface area contributed by atoms with Gasteiger partial charge in [0.05, 0.1) is 11.4 Å². The van der Waals surface area contributed by atoms with Crippen molar-refractivity contribution in [3.8, 4) is 0 Å². The zero-order valence-electron chi connectivity index (χ0n) is 16.2. The zero-order valence-corrected chi connectivity index (χ0v) is 16.9. The van der Waals surface area contributed by atoms with Crippen molar-refractivity contribution in [1.29, 1.82) is 0 Å². The van der Waals surface area contributed by atoms with Crippen LogP contribution >= 0.6 is 11.6 Å². The Labute approximate surface area is 185 Å². The second-order valence-corrected chi connectivity index (χ2v) is 7.27. The maximum Gasteiger partial charge on any atom is 0.471 e. The molecule has 1 N–H and O–H groups in total. The van der Waals surface area contributed by atoms with Crippen molar-refractivity contribution in [2.24, 2.45) is 0 Å². The summed E-state index contributed by atoms with van der Waals surface area (Å²) in [5, 5.41) is 2.04. The third-order valence-corrected chi connectivity index (χ3v) is 5.03. The molecule has 14 heteroatoms. The summed E-state index contributed by atoms with van der Waals surface area (Å²) >= 11 is 5.87. The molecule has 1 fully saturated rings. The Balaban J connectivity index is 1.87. The van der Waals surface area contributed by atoms with Crippen LogP contribution in [0, 0.1) is 29.1 Å². The van der Waals surface area contributed by atoms with Crippen molar-refractivity contribution in [2.75, 3.05) is 36.4 Å². The number of halogens is 9. The van der Waals surface area contributed by atoms with Crippen LogP contribution in [0.3, 0.4) is 0 Å². The first-order valence-electron chi connectivity index (χ1n) is 9.06. The van der Waals surface area contributed by atoms with Gasteiger partial charge in [0.25, 0.3) is 5.91 Å². The van der Waals surface area contributed by atoms with Crippen LogP contribution in [-0.2, 0) is 4.79 Å². The standard InChI is InChI=1S/C19H12ClF8N3O2/c20-8-1-2-10(30-3-5-31(6-4-30)18(33)19(26,27)28)9(7-8)29-17(32)11-12(21)14(23)16(25)15(24)13(11)22/h1-2,7H,3-6H2,(H,29,32). The van der Waals surface area contributed by atoms with Gasteiger partial charge in [0.1, 0.15) is 5.56 Å². The highest BCUT2D eigenvalue weighted by Gasteiger charge is 2.43. The number of carbonyl (C=O) groups is 2. The Kier molecular flexibility index (Phi) is 6.73. The lowest BCUT2D eigenvalue weighted by molar-refractivity contribution is -0.185. The molecule has 0 aromatic heterocycles. The van der Waals surface area contributed by atoms with Gasteiger partial charge in [-0.1, -0.05) is 11.6 Å². The maximum atomic E-state index is 14.0. The molecule has 1 saturated heterocycles. The summed E-state index contributed by atoms with van der Waals surface area (Å²) in [5.41, 5.74) is -1.79. The van der Waals surface area contributed by atoms with Crippen molar-refractivity contribution in [2.45, 2.75) is 6.18 Å². The van der Waals surface area contributed by atoms with Gasteiger partial charge in [-0.25, -0.2) is 22.0 Å². The third-order valence-electron chi connectivity index (χ3n) is 4.79. The summed E-state index contributed by atoms with van der Waals surface area (Å²) in [6.07, 6.45) is -5.05. The molecule has 1 heterocycles. The molecule has 5 nitrogen and oxygen atoms in total. The number of hydrogen-bond acceptors (Lipinski definition) is 3. The number of alkyl halides is 3. The molecular formula is C19H12ClF8N3O2. The minimum absolute atomic E-state index is 0.0253. The molecule has 33 heavy (non-hydrogen) atoms. The van der Waals surface area contributed by atoms with Gasteiger partial charge < -0.3 is 15.1 Å². The normalized spacial score (nSPS) is 14.5. The number of carbonyl (C=O) groups excluding carboxylic acids is 2. The number of benzene rings is 2. The molecule has 0 spiro atoms. The Morgan fingerprint density at radius 2 is 1.36 bits per heavy atom. The summed E-state index contributed by atoms with van der Waals surface area (Å²) in [5.74, 6) is -15.4. The Bertz CT molecular complexity index is 1090. The van der Waals surface area contributed by atoms with E-state index in [1.165, 1.54) is 17.0 Å². The van der Waals surface area contributed by atoms with Gasteiger partial charge in [0.2, 0.25) is 5.82 Å². The van der Waals surface area contributed by atoms with Crippen LogP contribution in [0.25, 0.3) is 0 Å². The number of nitrogens with zero attached hydrogens (tertiary/aromatic N) is 2. The van der Waals surface area contributed by atoms with E-state index in [1.807, 2.05) is 5.32 Å². The van der Waals surface area contributed by atoms with Gasteiger partial charge in [-0.3, -0.25) is 9.59 Å². The van der Waals surface area contributed by atoms with Gasteiger partial charge in [0, 0.05) is 31.2 Å². The van der Waals surface area contributed by atoms with E-state index in [1.54, 1.807) is 0 Å². The fourth-order valence-corrected chi connectivity index (χ4v) is 3.38. The quantitative estimate of drug-likeness (QED) is 0.383. The topological polar surface area (TPSA) is 52.7 Å². The van der Waals surface area contributed by atoms with Crippen LogP contribution in [0.4, 0.5) is 46.5 Å². The Morgan fingerprint density at radius 1 is 0.848 bits per heavy atom. The van der Waals surface area contributed by atoms with Crippen molar-refractivity contribution >= 4 is 34.8 Å². The van der Waals surface area contributed by atoms with Crippen LogP contribution in [0.2, 0.25) is 5.02 Å². The van der Waals surface area contributed by atoms with Gasteiger partial charge >= 0.3 is 12.1 Å². The van der Waals surface area contributed by atoms with E-state index in [9.17, 15) is 44.7 Å². The van der Waals surface area contributed by atoms with Crippen LogP contribution in [0.5, 0.6) is 0 Å². The zero-order chi connectivity index (χ0) is 24.7. The number of piperazine rings is 1. The molecule has 2 aromatic carbocycles. The predicted molar refractivity (Wildman–Crippen MR) is 100 cm³/mol. The van der Waals surface area contributed by atoms with Gasteiger partial charge in [0.15, 0.2) is 23.3 Å². The van der Waals surface area contributed by atoms with E-state index in [0.717, 1.165) is 6.07 Å². The average molecular weight is 502 g/mol. The lowest BCUT2D eigenvalue weighted by Crippen LogP contribution is -2.52. The first-order chi connectivity index (χ1) is 15.3. The smallest absolute Gasteiger partial charge is 0.366 e. The average Bonchev–Trinajstić information content (AvgIpc) is 2.75. The first-order valence-corrected chi connectivity index (χ1v) is 9.44. The van der Waals surface area contributed by atoms with E-state index in [0.29, 0.717) is 4.90 Å². The highest BCUT2D eigenvalue weighted by atomic mass is 35.5. The molecule has 0 aliphatic carbocycles. The third kappa shape index (κ3) is 4.82. The SMILES string of the molecule is O=C(Nc1cc(Cl)ccc1N1CCN(C(=O)C(F)(F)F)CC1)c1c(F)c(F)c(F)c(F)c1F. The molecular weight excluding hydrogens is 490 g/mol. The monoisotopic (exact) mass is 501 g/mol. The van der Waals surface area contributed by atoms with Gasteiger partial charge in [-0.2, -0.15) is 13.2 Å². The van der Waals surface area contributed by atoms with Crippen LogP contribution in [0.15, 0.2) is 18.2 Å². The molecule has 0 atom stereocenters. The molecule has 2 amide bonds. The molecule has 3 rings (SSSR count). The Hall–Kier alpha value is -3.09. The van der Waals surface area contributed by atoms with Crippen LogP contribution in [0.1, 0.15) is 10.4 Å². The number of hydrogen-bond donors (Lipinski definition) is 1. The molecule has 2 aromatic rings. The fourth-order valence-electron chi connectivity index (χ4n) is 3.20. The van der Waals surface area contributed by atoms with E-state index in [2.05, 4.69) is 0 Å². The van der Waals surface area contributed by atoms with Crippen LogP contribution < -0.4 is 10.2 Å². The minimum Gasteiger partial charge on any atom is -0.366 e.